The average Bonchev–Trinajstić information content (AvgIpc) is 2.59. The lowest BCUT2D eigenvalue weighted by Gasteiger charge is -2.32. The molecule has 1 aliphatic rings. The van der Waals surface area contributed by atoms with Crippen molar-refractivity contribution in [3.05, 3.63) is 24.0 Å². The molecule has 0 N–H and O–H groups in total. The van der Waals surface area contributed by atoms with Crippen molar-refractivity contribution in [1.82, 2.24) is 9.21 Å². The number of hydrogen-bond acceptors (Lipinski definition) is 4. The highest BCUT2D eigenvalue weighted by molar-refractivity contribution is 7.89. The van der Waals surface area contributed by atoms with Gasteiger partial charge in [-0.15, -0.1) is 0 Å². The summed E-state index contributed by atoms with van der Waals surface area (Å²) in [5.74, 6) is -0.273. The molecule has 1 amide bonds. The first kappa shape index (κ1) is 19.7. The molecule has 0 atom stereocenters. The van der Waals surface area contributed by atoms with E-state index in [0.717, 1.165) is 29.3 Å². The Morgan fingerprint density at radius 2 is 2.00 bits per heavy atom. The van der Waals surface area contributed by atoms with Gasteiger partial charge in [0.1, 0.15) is 16.5 Å². The molecule has 1 heterocycles. The molecule has 2 rings (SSSR count). The van der Waals surface area contributed by atoms with E-state index in [9.17, 15) is 17.6 Å². The van der Waals surface area contributed by atoms with Gasteiger partial charge in [-0.25, -0.2) is 12.8 Å². The fourth-order valence-corrected chi connectivity index (χ4v) is 4.43. The summed E-state index contributed by atoms with van der Waals surface area (Å²) in [5, 5.41) is 0. The number of piperidine rings is 1. The van der Waals surface area contributed by atoms with Crippen LogP contribution in [0.5, 0.6) is 5.75 Å². The number of methoxy groups -OCH3 is 1. The lowest BCUT2D eigenvalue weighted by molar-refractivity contribution is -0.132. The number of ether oxygens (including phenoxy) is 1. The number of carbonyl (C=O) groups excluding carboxylic acids is 1. The fourth-order valence-electron chi connectivity index (χ4n) is 2.87. The number of carbonyl (C=O) groups is 1. The quantitative estimate of drug-likeness (QED) is 0.767. The van der Waals surface area contributed by atoms with E-state index in [2.05, 4.69) is 6.92 Å². The highest BCUT2D eigenvalue weighted by atomic mass is 32.2. The topological polar surface area (TPSA) is 66.9 Å². The molecule has 1 aliphatic heterocycles. The average molecular weight is 372 g/mol. The number of likely N-dealkylation sites (N-methyl/N-ethyl adjacent to an activating group) is 1. The van der Waals surface area contributed by atoms with E-state index in [1.807, 2.05) is 0 Å². The van der Waals surface area contributed by atoms with Crippen LogP contribution < -0.4 is 4.74 Å². The SMILES string of the molecule is CCN(CC(=O)N1CCC(C)CC1)S(=O)(=O)c1cc(F)ccc1OC. The number of rotatable bonds is 6. The van der Waals surface area contributed by atoms with E-state index in [-0.39, 0.29) is 29.6 Å². The number of amides is 1. The first-order chi connectivity index (χ1) is 11.8. The molecule has 1 saturated heterocycles. The molecule has 1 fully saturated rings. The smallest absolute Gasteiger partial charge is 0.247 e. The van der Waals surface area contributed by atoms with Gasteiger partial charge >= 0.3 is 0 Å². The zero-order valence-electron chi connectivity index (χ0n) is 14.9. The van der Waals surface area contributed by atoms with Gasteiger partial charge in [-0.05, 0) is 37.0 Å². The summed E-state index contributed by atoms with van der Waals surface area (Å²) in [5.41, 5.74) is 0. The van der Waals surface area contributed by atoms with Crippen LogP contribution in [0, 0.1) is 11.7 Å². The highest BCUT2D eigenvalue weighted by Crippen LogP contribution is 2.27. The molecule has 0 radical (unpaired) electrons. The zero-order chi connectivity index (χ0) is 18.6. The maximum absolute atomic E-state index is 13.6. The Balaban J connectivity index is 2.21. The van der Waals surface area contributed by atoms with Crippen molar-refractivity contribution in [1.29, 1.82) is 0 Å². The minimum Gasteiger partial charge on any atom is -0.495 e. The number of sulfonamides is 1. The maximum Gasteiger partial charge on any atom is 0.247 e. The van der Waals surface area contributed by atoms with Crippen LogP contribution in [0.3, 0.4) is 0 Å². The molecule has 0 aliphatic carbocycles. The van der Waals surface area contributed by atoms with Gasteiger partial charge in [-0.2, -0.15) is 4.31 Å². The van der Waals surface area contributed by atoms with E-state index in [0.29, 0.717) is 19.0 Å². The molecule has 6 nitrogen and oxygen atoms in total. The van der Waals surface area contributed by atoms with E-state index in [1.165, 1.54) is 13.2 Å². The Morgan fingerprint density at radius 3 is 2.56 bits per heavy atom. The Bertz CT molecular complexity index is 715. The molecule has 0 spiro atoms. The van der Waals surface area contributed by atoms with E-state index in [1.54, 1.807) is 11.8 Å². The number of halogens is 1. The summed E-state index contributed by atoms with van der Waals surface area (Å²) in [6, 6.07) is 3.32. The lowest BCUT2D eigenvalue weighted by atomic mass is 9.99. The van der Waals surface area contributed by atoms with Crippen molar-refractivity contribution in [2.75, 3.05) is 33.3 Å². The molecular weight excluding hydrogens is 347 g/mol. The van der Waals surface area contributed by atoms with Crippen LogP contribution in [0.2, 0.25) is 0 Å². The van der Waals surface area contributed by atoms with E-state index < -0.39 is 15.8 Å². The van der Waals surface area contributed by atoms with Gasteiger partial charge in [0.05, 0.1) is 13.7 Å². The molecule has 8 heteroatoms. The summed E-state index contributed by atoms with van der Waals surface area (Å²) >= 11 is 0. The molecule has 0 bridgehead atoms. The molecule has 1 aromatic rings. The normalized spacial score (nSPS) is 16.3. The number of nitrogens with zero attached hydrogens (tertiary/aromatic N) is 2. The fraction of sp³-hybridized carbons (Fsp3) is 0.588. The first-order valence-electron chi connectivity index (χ1n) is 8.41. The van der Waals surface area contributed by atoms with Crippen LogP contribution in [-0.2, 0) is 14.8 Å². The largest absolute Gasteiger partial charge is 0.495 e. The van der Waals surface area contributed by atoms with Gasteiger partial charge in [0.15, 0.2) is 0 Å². The monoisotopic (exact) mass is 372 g/mol. The molecule has 1 aromatic carbocycles. The van der Waals surface area contributed by atoms with Crippen molar-refractivity contribution in [2.24, 2.45) is 5.92 Å². The Morgan fingerprint density at radius 1 is 1.36 bits per heavy atom. The summed E-state index contributed by atoms with van der Waals surface area (Å²) in [6.45, 7) is 4.92. The number of likely N-dealkylation sites (tertiary alicyclic amines) is 1. The second kappa shape index (κ2) is 8.14. The van der Waals surface area contributed by atoms with Crippen LogP contribution in [0.15, 0.2) is 23.1 Å². The molecule has 0 unspecified atom stereocenters. The van der Waals surface area contributed by atoms with Crippen LogP contribution in [0.4, 0.5) is 4.39 Å². The highest BCUT2D eigenvalue weighted by Gasteiger charge is 2.31. The molecule has 25 heavy (non-hydrogen) atoms. The summed E-state index contributed by atoms with van der Waals surface area (Å²) in [4.78, 5) is 13.9. The Kier molecular flexibility index (Phi) is 6.40. The third-order valence-corrected chi connectivity index (χ3v) is 6.49. The van der Waals surface area contributed by atoms with Gasteiger partial charge < -0.3 is 9.64 Å². The van der Waals surface area contributed by atoms with Crippen LogP contribution in [0.25, 0.3) is 0 Å². The maximum atomic E-state index is 13.6. The Hall–Kier alpha value is -1.67. The van der Waals surface area contributed by atoms with E-state index >= 15 is 0 Å². The number of benzene rings is 1. The molecule has 0 aromatic heterocycles. The summed E-state index contributed by atoms with van der Waals surface area (Å²) < 4.78 is 45.4. The van der Waals surface area contributed by atoms with Crippen molar-refractivity contribution < 1.29 is 22.3 Å². The second-order valence-electron chi connectivity index (χ2n) is 6.29. The minimum atomic E-state index is -4.04. The third kappa shape index (κ3) is 4.49. The molecule has 0 saturated carbocycles. The number of hydrogen-bond donors (Lipinski definition) is 0. The van der Waals surface area contributed by atoms with Gasteiger partial charge in [0.2, 0.25) is 15.9 Å². The van der Waals surface area contributed by atoms with Gasteiger partial charge in [0, 0.05) is 19.6 Å². The standard InChI is InChI=1S/C17H25FN2O4S/c1-4-20(12-17(21)19-9-7-13(2)8-10-19)25(22,23)16-11-14(18)5-6-15(16)24-3/h5-6,11,13H,4,7-10,12H2,1-3H3. The minimum absolute atomic E-state index is 0.0547. The van der Waals surface area contributed by atoms with Crippen LogP contribution in [0.1, 0.15) is 26.7 Å². The predicted molar refractivity (Wildman–Crippen MR) is 92.4 cm³/mol. The summed E-state index contributed by atoms with van der Waals surface area (Å²) in [7, 11) is -2.72. The first-order valence-corrected chi connectivity index (χ1v) is 9.85. The van der Waals surface area contributed by atoms with Crippen LogP contribution >= 0.6 is 0 Å². The second-order valence-corrected chi connectivity index (χ2v) is 8.20. The van der Waals surface area contributed by atoms with Crippen LogP contribution in [-0.4, -0.2) is 56.8 Å². The van der Waals surface area contributed by atoms with Crippen molar-refractivity contribution >= 4 is 15.9 Å². The zero-order valence-corrected chi connectivity index (χ0v) is 15.7. The van der Waals surface area contributed by atoms with Crippen molar-refractivity contribution in [2.45, 2.75) is 31.6 Å². The van der Waals surface area contributed by atoms with Gasteiger partial charge in [0.25, 0.3) is 0 Å². The van der Waals surface area contributed by atoms with Gasteiger partial charge in [-0.1, -0.05) is 13.8 Å². The van der Waals surface area contributed by atoms with Crippen molar-refractivity contribution in [3.63, 3.8) is 0 Å². The van der Waals surface area contributed by atoms with Gasteiger partial charge in [-0.3, -0.25) is 4.79 Å². The lowest BCUT2D eigenvalue weighted by Crippen LogP contribution is -2.45. The third-order valence-electron chi connectivity index (χ3n) is 4.54. The van der Waals surface area contributed by atoms with E-state index in [4.69, 9.17) is 4.74 Å². The molecular formula is C17H25FN2O4S. The summed E-state index contributed by atoms with van der Waals surface area (Å²) in [6.07, 6.45) is 1.84. The predicted octanol–water partition coefficient (Wildman–Crippen LogP) is 2.10. The van der Waals surface area contributed by atoms with Crippen molar-refractivity contribution in [3.8, 4) is 5.75 Å². The molecule has 140 valence electrons. The Labute approximate surface area is 148 Å².